The van der Waals surface area contributed by atoms with E-state index in [2.05, 4.69) is 23.3 Å². The van der Waals surface area contributed by atoms with Gasteiger partial charge in [-0.15, -0.1) is 0 Å². The van der Waals surface area contributed by atoms with E-state index in [1.165, 1.54) is 38.5 Å². The second kappa shape index (κ2) is 5.65. The first kappa shape index (κ1) is 11.9. The predicted octanol–water partition coefficient (Wildman–Crippen LogP) is 1.90. The van der Waals surface area contributed by atoms with Gasteiger partial charge in [-0.1, -0.05) is 12.8 Å². The summed E-state index contributed by atoms with van der Waals surface area (Å²) in [6.45, 7) is 1.06. The number of rotatable bonds is 6. The molecule has 0 aromatic heterocycles. The van der Waals surface area contributed by atoms with Gasteiger partial charge in [0, 0.05) is 18.6 Å². The maximum absolute atomic E-state index is 9.05. The molecule has 2 rings (SSSR count). The number of hydrogen-bond donors (Lipinski definition) is 1. The van der Waals surface area contributed by atoms with Crippen LogP contribution in [0.5, 0.6) is 0 Å². The van der Waals surface area contributed by atoms with Gasteiger partial charge in [-0.3, -0.25) is 5.32 Å². The lowest BCUT2D eigenvalue weighted by molar-refractivity contribution is 0.237. The van der Waals surface area contributed by atoms with Gasteiger partial charge in [0.15, 0.2) is 0 Å². The average molecular weight is 221 g/mol. The molecule has 16 heavy (non-hydrogen) atoms. The van der Waals surface area contributed by atoms with Crippen LogP contribution in [0, 0.1) is 11.3 Å². The smallest absolute Gasteiger partial charge is 0.0967 e. The lowest BCUT2D eigenvalue weighted by Gasteiger charge is -2.25. The summed E-state index contributed by atoms with van der Waals surface area (Å²) in [5, 5.41) is 12.4. The summed E-state index contributed by atoms with van der Waals surface area (Å²) in [6, 6.07) is 3.87. The fourth-order valence-corrected chi connectivity index (χ4v) is 2.58. The highest BCUT2D eigenvalue weighted by molar-refractivity contribution is 4.96. The van der Waals surface area contributed by atoms with Crippen molar-refractivity contribution in [1.29, 1.82) is 5.26 Å². The molecule has 0 aromatic rings. The van der Waals surface area contributed by atoms with Crippen molar-refractivity contribution >= 4 is 0 Å². The van der Waals surface area contributed by atoms with Gasteiger partial charge in [-0.2, -0.15) is 5.26 Å². The molecule has 0 radical (unpaired) electrons. The lowest BCUT2D eigenvalue weighted by atomic mass is 10.1. The van der Waals surface area contributed by atoms with Crippen molar-refractivity contribution in [3.05, 3.63) is 0 Å². The standard InChI is InChI=1S/C13H23N3/c1-16(13-4-2-3-5-13)9-8-12(10-14)15-11-6-7-11/h11-13,15H,2-9H2,1H3. The predicted molar refractivity (Wildman–Crippen MR) is 65.1 cm³/mol. The highest BCUT2D eigenvalue weighted by Gasteiger charge is 2.25. The van der Waals surface area contributed by atoms with E-state index in [1.54, 1.807) is 0 Å². The van der Waals surface area contributed by atoms with E-state index in [4.69, 9.17) is 5.26 Å². The maximum Gasteiger partial charge on any atom is 0.0967 e. The second-order valence-corrected chi connectivity index (χ2v) is 5.33. The molecule has 0 aromatic carbocycles. The van der Waals surface area contributed by atoms with Gasteiger partial charge in [0.2, 0.25) is 0 Å². The Morgan fingerprint density at radius 2 is 2.00 bits per heavy atom. The highest BCUT2D eigenvalue weighted by Crippen LogP contribution is 2.23. The minimum Gasteiger partial charge on any atom is -0.303 e. The van der Waals surface area contributed by atoms with Crippen molar-refractivity contribution in [2.24, 2.45) is 0 Å². The van der Waals surface area contributed by atoms with Crippen LogP contribution in [0.1, 0.15) is 44.9 Å². The maximum atomic E-state index is 9.05. The number of nitrogens with zero attached hydrogens (tertiary/aromatic N) is 2. The van der Waals surface area contributed by atoms with Gasteiger partial charge in [0.25, 0.3) is 0 Å². The molecule has 1 atom stereocenters. The van der Waals surface area contributed by atoms with Crippen molar-refractivity contribution in [2.75, 3.05) is 13.6 Å². The van der Waals surface area contributed by atoms with E-state index < -0.39 is 0 Å². The van der Waals surface area contributed by atoms with E-state index in [0.29, 0.717) is 6.04 Å². The molecule has 0 bridgehead atoms. The van der Waals surface area contributed by atoms with E-state index in [0.717, 1.165) is 19.0 Å². The number of hydrogen-bond acceptors (Lipinski definition) is 3. The molecule has 1 unspecified atom stereocenters. The first-order valence-corrected chi connectivity index (χ1v) is 6.65. The quantitative estimate of drug-likeness (QED) is 0.744. The van der Waals surface area contributed by atoms with Gasteiger partial charge in [-0.25, -0.2) is 0 Å². The second-order valence-electron chi connectivity index (χ2n) is 5.33. The Balaban J connectivity index is 1.65. The van der Waals surface area contributed by atoms with Crippen LogP contribution in [0.3, 0.4) is 0 Å². The minimum absolute atomic E-state index is 0.0661. The molecule has 0 aliphatic heterocycles. The largest absolute Gasteiger partial charge is 0.303 e. The van der Waals surface area contributed by atoms with Crippen LogP contribution >= 0.6 is 0 Å². The van der Waals surface area contributed by atoms with E-state index in [1.807, 2.05) is 0 Å². The fraction of sp³-hybridized carbons (Fsp3) is 0.923. The Morgan fingerprint density at radius 3 is 2.56 bits per heavy atom. The van der Waals surface area contributed by atoms with Crippen molar-refractivity contribution in [3.8, 4) is 6.07 Å². The molecule has 0 saturated heterocycles. The number of nitrogens with one attached hydrogen (secondary N) is 1. The zero-order chi connectivity index (χ0) is 11.4. The minimum atomic E-state index is 0.0661. The molecule has 90 valence electrons. The van der Waals surface area contributed by atoms with Gasteiger partial charge in [-0.05, 0) is 39.2 Å². The van der Waals surface area contributed by atoms with Crippen LogP contribution < -0.4 is 5.32 Å². The molecule has 0 heterocycles. The van der Waals surface area contributed by atoms with Crippen molar-refractivity contribution < 1.29 is 0 Å². The monoisotopic (exact) mass is 221 g/mol. The van der Waals surface area contributed by atoms with Crippen LogP contribution in [0.2, 0.25) is 0 Å². The Morgan fingerprint density at radius 1 is 1.31 bits per heavy atom. The Kier molecular flexibility index (Phi) is 4.20. The number of nitriles is 1. The summed E-state index contributed by atoms with van der Waals surface area (Å²) in [4.78, 5) is 2.45. The van der Waals surface area contributed by atoms with Crippen molar-refractivity contribution in [3.63, 3.8) is 0 Å². The summed E-state index contributed by atoms with van der Waals surface area (Å²) in [7, 11) is 2.21. The average Bonchev–Trinajstić information content (AvgIpc) is 2.94. The van der Waals surface area contributed by atoms with Gasteiger partial charge >= 0.3 is 0 Å². The van der Waals surface area contributed by atoms with Gasteiger partial charge < -0.3 is 4.90 Å². The summed E-state index contributed by atoms with van der Waals surface area (Å²) < 4.78 is 0. The Labute approximate surface area is 98.8 Å². The zero-order valence-electron chi connectivity index (χ0n) is 10.3. The van der Waals surface area contributed by atoms with Crippen LogP contribution in [0.25, 0.3) is 0 Å². The Hall–Kier alpha value is -0.590. The van der Waals surface area contributed by atoms with Gasteiger partial charge in [0.05, 0.1) is 12.1 Å². The third-order valence-corrected chi connectivity index (χ3v) is 3.89. The Bertz CT molecular complexity index is 248. The lowest BCUT2D eigenvalue weighted by Crippen LogP contribution is -2.36. The SMILES string of the molecule is CN(CCC(C#N)NC1CC1)C1CCCC1. The first-order chi connectivity index (χ1) is 7.79. The highest BCUT2D eigenvalue weighted by atomic mass is 15.1. The van der Waals surface area contributed by atoms with Crippen molar-refractivity contribution in [1.82, 2.24) is 10.2 Å². The molecule has 2 aliphatic carbocycles. The van der Waals surface area contributed by atoms with E-state index in [9.17, 15) is 0 Å². The molecule has 2 aliphatic rings. The van der Waals surface area contributed by atoms with Crippen LogP contribution in [0.15, 0.2) is 0 Å². The normalized spacial score (nSPS) is 23.6. The van der Waals surface area contributed by atoms with Gasteiger partial charge in [0.1, 0.15) is 0 Å². The third-order valence-electron chi connectivity index (χ3n) is 3.89. The molecule has 1 N–H and O–H groups in total. The molecule has 0 amide bonds. The summed E-state index contributed by atoms with van der Waals surface area (Å²) in [5.74, 6) is 0. The molecule has 0 spiro atoms. The summed E-state index contributed by atoms with van der Waals surface area (Å²) in [6.07, 6.45) is 8.97. The molecule has 3 heteroatoms. The molecular weight excluding hydrogens is 198 g/mol. The molecule has 3 nitrogen and oxygen atoms in total. The fourth-order valence-electron chi connectivity index (χ4n) is 2.58. The summed E-state index contributed by atoms with van der Waals surface area (Å²) in [5.41, 5.74) is 0. The molecule has 2 saturated carbocycles. The van der Waals surface area contributed by atoms with E-state index >= 15 is 0 Å². The third kappa shape index (κ3) is 3.47. The summed E-state index contributed by atoms with van der Waals surface area (Å²) >= 11 is 0. The molecule has 2 fully saturated rings. The van der Waals surface area contributed by atoms with Crippen LogP contribution in [-0.4, -0.2) is 36.6 Å². The zero-order valence-corrected chi connectivity index (χ0v) is 10.3. The van der Waals surface area contributed by atoms with Crippen LogP contribution in [0.4, 0.5) is 0 Å². The molecular formula is C13H23N3. The van der Waals surface area contributed by atoms with Crippen molar-refractivity contribution in [2.45, 2.75) is 63.1 Å². The first-order valence-electron chi connectivity index (χ1n) is 6.65. The van der Waals surface area contributed by atoms with Crippen LogP contribution in [-0.2, 0) is 0 Å². The topological polar surface area (TPSA) is 39.1 Å². The van der Waals surface area contributed by atoms with E-state index in [-0.39, 0.29) is 6.04 Å².